The van der Waals surface area contributed by atoms with Gasteiger partial charge in [-0.2, -0.15) is 0 Å². The second-order valence-corrected chi connectivity index (χ2v) is 5.25. The van der Waals surface area contributed by atoms with Gasteiger partial charge in [-0.1, -0.05) is 6.07 Å². The maximum Gasteiger partial charge on any atom is 0.255 e. The van der Waals surface area contributed by atoms with Crippen molar-refractivity contribution in [3.05, 3.63) is 59.0 Å². The van der Waals surface area contributed by atoms with Crippen LogP contribution in [0.3, 0.4) is 0 Å². The number of amides is 1. The highest BCUT2D eigenvalue weighted by Gasteiger charge is 2.10. The van der Waals surface area contributed by atoms with Crippen LogP contribution in [0.1, 0.15) is 27.4 Å². The monoisotopic (exact) mass is 280 g/mol. The standard InChI is InChI=1S/C17H16N2O2/c1-10-6-11(2)8-14(7-10)19-17(20)13-4-5-15-16(9-13)21-12(3)18-15/h4-9H,1-3H3,(H,19,20). The minimum atomic E-state index is -0.157. The molecule has 4 nitrogen and oxygen atoms in total. The van der Waals surface area contributed by atoms with Gasteiger partial charge in [0.2, 0.25) is 0 Å². The third-order valence-corrected chi connectivity index (χ3v) is 3.24. The third-order valence-electron chi connectivity index (χ3n) is 3.24. The number of nitrogens with one attached hydrogen (secondary N) is 1. The molecule has 0 aliphatic rings. The Morgan fingerprint density at radius 1 is 1.05 bits per heavy atom. The first-order chi connectivity index (χ1) is 10.0. The molecule has 0 aliphatic carbocycles. The van der Waals surface area contributed by atoms with E-state index in [0.29, 0.717) is 17.0 Å². The summed E-state index contributed by atoms with van der Waals surface area (Å²) in [6.07, 6.45) is 0. The number of carbonyl (C=O) groups excluding carboxylic acids is 1. The summed E-state index contributed by atoms with van der Waals surface area (Å²) in [6.45, 7) is 5.80. The fraction of sp³-hybridized carbons (Fsp3) is 0.176. The SMILES string of the molecule is Cc1cc(C)cc(NC(=O)c2ccc3nc(C)oc3c2)c1. The fourth-order valence-corrected chi connectivity index (χ4v) is 2.43. The molecular weight excluding hydrogens is 264 g/mol. The number of oxazole rings is 1. The summed E-state index contributed by atoms with van der Waals surface area (Å²) in [4.78, 5) is 16.5. The first-order valence-electron chi connectivity index (χ1n) is 6.78. The topological polar surface area (TPSA) is 55.1 Å². The highest BCUT2D eigenvalue weighted by Crippen LogP contribution is 2.19. The van der Waals surface area contributed by atoms with Crippen molar-refractivity contribution in [1.29, 1.82) is 0 Å². The molecule has 0 atom stereocenters. The van der Waals surface area contributed by atoms with E-state index in [1.165, 1.54) is 0 Å². The molecule has 1 amide bonds. The Labute approximate surface area is 122 Å². The van der Waals surface area contributed by atoms with Gasteiger partial charge in [-0.3, -0.25) is 4.79 Å². The molecule has 0 fully saturated rings. The average molecular weight is 280 g/mol. The zero-order chi connectivity index (χ0) is 15.0. The summed E-state index contributed by atoms with van der Waals surface area (Å²) in [7, 11) is 0. The van der Waals surface area contributed by atoms with E-state index in [4.69, 9.17) is 4.42 Å². The van der Waals surface area contributed by atoms with Crippen LogP contribution in [0.5, 0.6) is 0 Å². The molecule has 4 heteroatoms. The lowest BCUT2D eigenvalue weighted by atomic mass is 10.1. The van der Waals surface area contributed by atoms with Gasteiger partial charge in [-0.05, 0) is 55.3 Å². The molecule has 3 aromatic rings. The molecule has 3 rings (SSSR count). The summed E-state index contributed by atoms with van der Waals surface area (Å²) >= 11 is 0. The van der Waals surface area contributed by atoms with Crippen molar-refractivity contribution < 1.29 is 9.21 Å². The van der Waals surface area contributed by atoms with Crippen molar-refractivity contribution in [2.75, 3.05) is 5.32 Å². The van der Waals surface area contributed by atoms with E-state index in [9.17, 15) is 4.79 Å². The third kappa shape index (κ3) is 2.79. The second kappa shape index (κ2) is 5.05. The summed E-state index contributed by atoms with van der Waals surface area (Å²) in [5, 5.41) is 2.91. The molecule has 0 saturated carbocycles. The first kappa shape index (κ1) is 13.4. The number of anilines is 1. The Bertz CT molecular complexity index is 814. The quantitative estimate of drug-likeness (QED) is 0.771. The number of aryl methyl sites for hydroxylation is 3. The van der Waals surface area contributed by atoms with Gasteiger partial charge in [0.25, 0.3) is 5.91 Å². The Balaban J connectivity index is 1.89. The Hall–Kier alpha value is -2.62. The van der Waals surface area contributed by atoms with E-state index in [-0.39, 0.29) is 5.91 Å². The number of hydrogen-bond acceptors (Lipinski definition) is 3. The van der Waals surface area contributed by atoms with E-state index in [0.717, 1.165) is 22.3 Å². The lowest BCUT2D eigenvalue weighted by Gasteiger charge is -2.07. The smallest absolute Gasteiger partial charge is 0.255 e. The maximum atomic E-state index is 12.3. The van der Waals surface area contributed by atoms with Crippen LogP contribution in [-0.2, 0) is 0 Å². The number of fused-ring (bicyclic) bond motifs is 1. The summed E-state index contributed by atoms with van der Waals surface area (Å²) in [5.74, 6) is 0.438. The minimum absolute atomic E-state index is 0.157. The Kier molecular flexibility index (Phi) is 3.22. The number of benzene rings is 2. The van der Waals surface area contributed by atoms with Crippen LogP contribution in [0.2, 0.25) is 0 Å². The highest BCUT2D eigenvalue weighted by molar-refractivity contribution is 6.05. The zero-order valence-electron chi connectivity index (χ0n) is 12.2. The molecule has 0 saturated heterocycles. The molecule has 0 aliphatic heterocycles. The number of carbonyl (C=O) groups is 1. The van der Waals surface area contributed by atoms with Crippen LogP contribution in [0, 0.1) is 20.8 Å². The largest absolute Gasteiger partial charge is 0.441 e. The summed E-state index contributed by atoms with van der Waals surface area (Å²) in [5.41, 5.74) is 4.97. The molecule has 2 aromatic carbocycles. The van der Waals surface area contributed by atoms with Crippen LogP contribution < -0.4 is 5.32 Å². The molecule has 106 valence electrons. The van der Waals surface area contributed by atoms with Crippen LogP contribution in [0.25, 0.3) is 11.1 Å². The fourth-order valence-electron chi connectivity index (χ4n) is 2.43. The van der Waals surface area contributed by atoms with Crippen LogP contribution in [0.15, 0.2) is 40.8 Å². The lowest BCUT2D eigenvalue weighted by Crippen LogP contribution is -2.11. The van der Waals surface area contributed by atoms with E-state index in [1.54, 1.807) is 25.1 Å². The van der Waals surface area contributed by atoms with Crippen molar-refractivity contribution >= 4 is 22.7 Å². The average Bonchev–Trinajstić information content (AvgIpc) is 2.76. The maximum absolute atomic E-state index is 12.3. The van der Waals surface area contributed by atoms with E-state index < -0.39 is 0 Å². The molecule has 0 bridgehead atoms. The van der Waals surface area contributed by atoms with Gasteiger partial charge in [0.15, 0.2) is 11.5 Å². The van der Waals surface area contributed by atoms with Gasteiger partial charge in [0.05, 0.1) is 0 Å². The number of aromatic nitrogens is 1. The van der Waals surface area contributed by atoms with E-state index in [2.05, 4.69) is 16.4 Å². The predicted octanol–water partition coefficient (Wildman–Crippen LogP) is 4.01. The second-order valence-electron chi connectivity index (χ2n) is 5.25. The van der Waals surface area contributed by atoms with Crippen LogP contribution >= 0.6 is 0 Å². The van der Waals surface area contributed by atoms with Crippen molar-refractivity contribution in [3.63, 3.8) is 0 Å². The Morgan fingerprint density at radius 2 is 1.76 bits per heavy atom. The van der Waals surface area contributed by atoms with E-state index >= 15 is 0 Å². The molecular formula is C17H16N2O2. The zero-order valence-corrected chi connectivity index (χ0v) is 12.2. The van der Waals surface area contributed by atoms with Crippen LogP contribution in [0.4, 0.5) is 5.69 Å². The van der Waals surface area contributed by atoms with Crippen LogP contribution in [-0.4, -0.2) is 10.9 Å². The van der Waals surface area contributed by atoms with Gasteiger partial charge < -0.3 is 9.73 Å². The molecule has 1 aromatic heterocycles. The number of nitrogens with zero attached hydrogens (tertiary/aromatic N) is 1. The minimum Gasteiger partial charge on any atom is -0.441 e. The molecule has 1 N–H and O–H groups in total. The number of hydrogen-bond donors (Lipinski definition) is 1. The van der Waals surface area contributed by atoms with Crippen molar-refractivity contribution in [2.24, 2.45) is 0 Å². The number of rotatable bonds is 2. The van der Waals surface area contributed by atoms with Gasteiger partial charge in [-0.15, -0.1) is 0 Å². The first-order valence-corrected chi connectivity index (χ1v) is 6.78. The van der Waals surface area contributed by atoms with Gasteiger partial charge in [-0.25, -0.2) is 4.98 Å². The molecule has 0 spiro atoms. The Morgan fingerprint density at radius 3 is 2.48 bits per heavy atom. The van der Waals surface area contributed by atoms with Gasteiger partial charge >= 0.3 is 0 Å². The van der Waals surface area contributed by atoms with E-state index in [1.807, 2.05) is 26.0 Å². The lowest BCUT2D eigenvalue weighted by molar-refractivity contribution is 0.102. The normalized spacial score (nSPS) is 10.8. The van der Waals surface area contributed by atoms with Gasteiger partial charge in [0, 0.05) is 18.2 Å². The molecule has 0 unspecified atom stereocenters. The molecule has 0 radical (unpaired) electrons. The van der Waals surface area contributed by atoms with Crippen molar-refractivity contribution in [1.82, 2.24) is 4.98 Å². The summed E-state index contributed by atoms with van der Waals surface area (Å²) < 4.78 is 5.46. The highest BCUT2D eigenvalue weighted by atomic mass is 16.3. The predicted molar refractivity (Wildman–Crippen MR) is 82.6 cm³/mol. The van der Waals surface area contributed by atoms with Crippen molar-refractivity contribution in [3.8, 4) is 0 Å². The molecule has 1 heterocycles. The summed E-state index contributed by atoms with van der Waals surface area (Å²) in [6, 6.07) is 11.2. The van der Waals surface area contributed by atoms with Crippen molar-refractivity contribution in [2.45, 2.75) is 20.8 Å². The van der Waals surface area contributed by atoms with Gasteiger partial charge in [0.1, 0.15) is 5.52 Å². The molecule has 21 heavy (non-hydrogen) atoms.